The number of nitrogens with zero attached hydrogens (tertiary/aromatic N) is 3. The minimum absolute atomic E-state index is 0.226. The van der Waals surface area contributed by atoms with Crippen molar-refractivity contribution < 1.29 is 4.79 Å². The van der Waals surface area contributed by atoms with Crippen molar-refractivity contribution in [2.45, 2.75) is 34.2 Å². The van der Waals surface area contributed by atoms with E-state index in [2.05, 4.69) is 39.2 Å². The van der Waals surface area contributed by atoms with Crippen molar-refractivity contribution in [2.75, 3.05) is 16.8 Å². The number of aromatic nitrogens is 2. The van der Waals surface area contributed by atoms with E-state index in [9.17, 15) is 4.79 Å². The summed E-state index contributed by atoms with van der Waals surface area (Å²) in [7, 11) is 0. The standard InChI is InChI=1S/C23H26N4O/c1-5-27(15-19-9-7-6-8-10-19)22-14-21(24-18(4)25-22)23(28)26-20-13-16(2)11-12-17(20)3/h6-14H,5,15H2,1-4H3,(H,26,28). The number of hydrogen-bond acceptors (Lipinski definition) is 4. The van der Waals surface area contributed by atoms with Crippen LogP contribution in [0.5, 0.6) is 0 Å². The maximum atomic E-state index is 12.8. The molecule has 144 valence electrons. The molecule has 0 aliphatic rings. The number of anilines is 2. The predicted molar refractivity (Wildman–Crippen MR) is 114 cm³/mol. The Labute approximate surface area is 166 Å². The lowest BCUT2D eigenvalue weighted by Crippen LogP contribution is -2.25. The van der Waals surface area contributed by atoms with E-state index in [1.54, 1.807) is 6.07 Å². The number of aryl methyl sites for hydroxylation is 3. The van der Waals surface area contributed by atoms with Crippen LogP contribution in [0.4, 0.5) is 11.5 Å². The molecule has 5 heteroatoms. The molecule has 5 nitrogen and oxygen atoms in total. The van der Waals surface area contributed by atoms with E-state index in [0.29, 0.717) is 11.5 Å². The SMILES string of the molecule is CCN(Cc1ccccc1)c1cc(C(=O)Nc2cc(C)ccc2C)nc(C)n1. The monoisotopic (exact) mass is 374 g/mol. The van der Waals surface area contributed by atoms with Crippen molar-refractivity contribution in [3.8, 4) is 0 Å². The summed E-state index contributed by atoms with van der Waals surface area (Å²) in [5.41, 5.74) is 4.49. The zero-order valence-corrected chi connectivity index (χ0v) is 16.9. The lowest BCUT2D eigenvalue weighted by atomic mass is 10.1. The van der Waals surface area contributed by atoms with Gasteiger partial charge in [0.1, 0.15) is 17.3 Å². The summed E-state index contributed by atoms with van der Waals surface area (Å²) in [6.07, 6.45) is 0. The Morgan fingerprint density at radius 2 is 1.75 bits per heavy atom. The molecular weight excluding hydrogens is 348 g/mol. The first-order valence-electron chi connectivity index (χ1n) is 9.49. The molecule has 0 aliphatic heterocycles. The lowest BCUT2D eigenvalue weighted by Gasteiger charge is -2.22. The van der Waals surface area contributed by atoms with Crippen LogP contribution < -0.4 is 10.2 Å². The third-order valence-corrected chi connectivity index (χ3v) is 4.62. The maximum Gasteiger partial charge on any atom is 0.274 e. The van der Waals surface area contributed by atoms with E-state index in [0.717, 1.165) is 35.7 Å². The van der Waals surface area contributed by atoms with Crippen molar-refractivity contribution in [3.05, 3.63) is 82.8 Å². The van der Waals surface area contributed by atoms with Gasteiger partial charge in [0.15, 0.2) is 0 Å². The molecule has 28 heavy (non-hydrogen) atoms. The first-order chi connectivity index (χ1) is 13.5. The van der Waals surface area contributed by atoms with Gasteiger partial charge in [0.25, 0.3) is 5.91 Å². The van der Waals surface area contributed by atoms with E-state index in [1.807, 2.05) is 57.2 Å². The highest BCUT2D eigenvalue weighted by atomic mass is 16.1. The van der Waals surface area contributed by atoms with E-state index < -0.39 is 0 Å². The molecule has 0 aliphatic carbocycles. The van der Waals surface area contributed by atoms with Crippen LogP contribution in [0.3, 0.4) is 0 Å². The molecular formula is C23H26N4O. The molecule has 1 amide bonds. The highest BCUT2D eigenvalue weighted by Crippen LogP contribution is 2.19. The van der Waals surface area contributed by atoms with Gasteiger partial charge in [-0.15, -0.1) is 0 Å². The zero-order valence-electron chi connectivity index (χ0n) is 16.9. The average Bonchev–Trinajstić information content (AvgIpc) is 2.69. The van der Waals surface area contributed by atoms with E-state index in [4.69, 9.17) is 0 Å². The number of hydrogen-bond donors (Lipinski definition) is 1. The Morgan fingerprint density at radius 1 is 1.00 bits per heavy atom. The number of amides is 1. The topological polar surface area (TPSA) is 58.1 Å². The summed E-state index contributed by atoms with van der Waals surface area (Å²) in [4.78, 5) is 23.9. The Morgan fingerprint density at radius 3 is 2.46 bits per heavy atom. The van der Waals surface area contributed by atoms with Crippen molar-refractivity contribution in [3.63, 3.8) is 0 Å². The second-order valence-electron chi connectivity index (χ2n) is 6.93. The van der Waals surface area contributed by atoms with Gasteiger partial charge in [0, 0.05) is 24.8 Å². The normalized spacial score (nSPS) is 10.6. The largest absolute Gasteiger partial charge is 0.352 e. The van der Waals surface area contributed by atoms with Gasteiger partial charge in [-0.3, -0.25) is 4.79 Å². The Balaban J connectivity index is 1.85. The molecule has 1 heterocycles. The maximum absolute atomic E-state index is 12.8. The fraction of sp³-hybridized carbons (Fsp3) is 0.261. The minimum Gasteiger partial charge on any atom is -0.352 e. The predicted octanol–water partition coefficient (Wildman–Crippen LogP) is 4.68. The molecule has 1 N–H and O–H groups in total. The fourth-order valence-electron chi connectivity index (χ4n) is 3.05. The first kappa shape index (κ1) is 19.5. The molecule has 0 saturated carbocycles. The molecule has 0 bridgehead atoms. The number of carbonyl (C=O) groups excluding carboxylic acids is 1. The van der Waals surface area contributed by atoms with Gasteiger partial charge in [-0.05, 0) is 50.5 Å². The lowest BCUT2D eigenvalue weighted by molar-refractivity contribution is 0.102. The van der Waals surface area contributed by atoms with Crippen LogP contribution in [0.25, 0.3) is 0 Å². The highest BCUT2D eigenvalue weighted by Gasteiger charge is 2.15. The zero-order chi connectivity index (χ0) is 20.1. The molecule has 0 radical (unpaired) electrons. The number of benzene rings is 2. The van der Waals surface area contributed by atoms with Crippen LogP contribution in [0.1, 0.15) is 39.9 Å². The van der Waals surface area contributed by atoms with Crippen molar-refractivity contribution in [1.29, 1.82) is 0 Å². The van der Waals surface area contributed by atoms with Crippen molar-refractivity contribution in [2.24, 2.45) is 0 Å². The van der Waals surface area contributed by atoms with Gasteiger partial charge < -0.3 is 10.2 Å². The van der Waals surface area contributed by atoms with Crippen LogP contribution in [-0.2, 0) is 6.54 Å². The van der Waals surface area contributed by atoms with Gasteiger partial charge >= 0.3 is 0 Å². The smallest absolute Gasteiger partial charge is 0.274 e. The molecule has 0 saturated heterocycles. The van der Waals surface area contributed by atoms with Crippen molar-refractivity contribution in [1.82, 2.24) is 9.97 Å². The van der Waals surface area contributed by atoms with Gasteiger partial charge in [-0.2, -0.15) is 0 Å². The summed E-state index contributed by atoms with van der Waals surface area (Å²) in [5, 5.41) is 2.98. The molecule has 0 unspecified atom stereocenters. The minimum atomic E-state index is -0.226. The van der Waals surface area contributed by atoms with Crippen LogP contribution >= 0.6 is 0 Å². The van der Waals surface area contributed by atoms with Gasteiger partial charge in [0.2, 0.25) is 0 Å². The molecule has 0 fully saturated rings. The number of rotatable bonds is 6. The summed E-state index contributed by atoms with van der Waals surface area (Å²) in [5.74, 6) is 1.11. The molecule has 0 spiro atoms. The summed E-state index contributed by atoms with van der Waals surface area (Å²) in [6, 6.07) is 18.0. The number of carbonyl (C=O) groups is 1. The molecule has 3 aromatic rings. The van der Waals surface area contributed by atoms with E-state index in [-0.39, 0.29) is 5.91 Å². The Bertz CT molecular complexity index is 970. The Kier molecular flexibility index (Phi) is 6.04. The fourth-order valence-corrected chi connectivity index (χ4v) is 3.05. The van der Waals surface area contributed by atoms with Crippen molar-refractivity contribution >= 4 is 17.4 Å². The first-order valence-corrected chi connectivity index (χ1v) is 9.49. The van der Waals surface area contributed by atoms with Crippen LogP contribution in [0, 0.1) is 20.8 Å². The molecule has 2 aromatic carbocycles. The summed E-state index contributed by atoms with van der Waals surface area (Å²) in [6.45, 7) is 9.38. The van der Waals surface area contributed by atoms with Crippen LogP contribution in [0.15, 0.2) is 54.6 Å². The van der Waals surface area contributed by atoms with E-state index in [1.165, 1.54) is 5.56 Å². The second kappa shape index (κ2) is 8.65. The third kappa shape index (κ3) is 4.74. The van der Waals surface area contributed by atoms with Gasteiger partial charge in [-0.1, -0.05) is 42.5 Å². The average molecular weight is 374 g/mol. The molecule has 0 atom stereocenters. The van der Waals surface area contributed by atoms with Gasteiger partial charge in [-0.25, -0.2) is 9.97 Å². The van der Waals surface area contributed by atoms with Crippen LogP contribution in [0.2, 0.25) is 0 Å². The second-order valence-corrected chi connectivity index (χ2v) is 6.93. The third-order valence-electron chi connectivity index (χ3n) is 4.62. The van der Waals surface area contributed by atoms with E-state index >= 15 is 0 Å². The number of nitrogens with one attached hydrogen (secondary N) is 1. The van der Waals surface area contributed by atoms with Crippen LogP contribution in [-0.4, -0.2) is 22.4 Å². The van der Waals surface area contributed by atoms with Gasteiger partial charge in [0.05, 0.1) is 0 Å². The summed E-state index contributed by atoms with van der Waals surface area (Å²) < 4.78 is 0. The molecule has 3 rings (SSSR count). The quantitative estimate of drug-likeness (QED) is 0.680. The highest BCUT2D eigenvalue weighted by molar-refractivity contribution is 6.03. The molecule has 1 aromatic heterocycles. The summed E-state index contributed by atoms with van der Waals surface area (Å²) >= 11 is 0. The Hall–Kier alpha value is -3.21.